The lowest BCUT2D eigenvalue weighted by Crippen LogP contribution is -2.52. The number of hydrogen-bond donors (Lipinski definition) is 0. The predicted molar refractivity (Wildman–Crippen MR) is 105 cm³/mol. The number of ether oxygens (including phenoxy) is 2. The van der Waals surface area contributed by atoms with Crippen LogP contribution in [0, 0.1) is 10.1 Å². The molecule has 2 rings (SSSR count). The number of rotatable bonds is 5. The number of fused-ring (bicyclic) bond motifs is 1. The van der Waals surface area contributed by atoms with E-state index in [-0.39, 0.29) is 16.3 Å². The van der Waals surface area contributed by atoms with Crippen molar-refractivity contribution in [3.63, 3.8) is 0 Å². The molecule has 0 N–H and O–H groups in total. The second kappa shape index (κ2) is 9.33. The maximum absolute atomic E-state index is 13.9. The highest BCUT2D eigenvalue weighted by molar-refractivity contribution is 6.31. The summed E-state index contributed by atoms with van der Waals surface area (Å²) in [5.74, 6) is -1.85. The molecule has 0 saturated heterocycles. The van der Waals surface area contributed by atoms with Crippen molar-refractivity contribution < 1.29 is 51.9 Å². The molecule has 1 atom stereocenters. The highest BCUT2D eigenvalue weighted by Gasteiger charge is 2.60. The molecular formula is C19H19ClF3NO9. The van der Waals surface area contributed by atoms with E-state index >= 15 is 0 Å². The minimum atomic E-state index is -5.07. The Balaban J connectivity index is 2.28. The Labute approximate surface area is 190 Å². The first-order valence-electron chi connectivity index (χ1n) is 9.21. The zero-order valence-electron chi connectivity index (χ0n) is 17.8. The van der Waals surface area contributed by atoms with Gasteiger partial charge in [-0.25, -0.2) is 14.6 Å². The van der Waals surface area contributed by atoms with Crippen molar-refractivity contribution in [2.24, 2.45) is 0 Å². The molecule has 1 aromatic carbocycles. The summed E-state index contributed by atoms with van der Waals surface area (Å²) in [5.41, 5.74) is -4.08. The summed E-state index contributed by atoms with van der Waals surface area (Å²) in [4.78, 5) is 45.8. The van der Waals surface area contributed by atoms with Gasteiger partial charge in [0.1, 0.15) is 19.0 Å². The van der Waals surface area contributed by atoms with Crippen molar-refractivity contribution in [2.75, 3.05) is 13.2 Å². The third kappa shape index (κ3) is 5.97. The minimum absolute atomic E-state index is 0.0705. The Bertz CT molecular complexity index is 988. The number of nitrogens with zero attached hydrogens (tertiary/aromatic N) is 1. The van der Waals surface area contributed by atoms with Crippen molar-refractivity contribution in [3.05, 3.63) is 44.0 Å². The topological polar surface area (TPSA) is 123 Å². The summed E-state index contributed by atoms with van der Waals surface area (Å²) < 4.78 is 51.3. The van der Waals surface area contributed by atoms with Crippen LogP contribution in [0.4, 0.5) is 18.0 Å². The van der Waals surface area contributed by atoms with Crippen LogP contribution in [0.1, 0.15) is 38.8 Å². The van der Waals surface area contributed by atoms with Crippen molar-refractivity contribution in [1.29, 1.82) is 0 Å². The van der Waals surface area contributed by atoms with Gasteiger partial charge in [-0.1, -0.05) is 32.4 Å². The quantitative estimate of drug-likeness (QED) is 0.189. The van der Waals surface area contributed by atoms with E-state index in [4.69, 9.17) is 16.3 Å². The van der Waals surface area contributed by atoms with Crippen LogP contribution < -0.4 is 4.74 Å². The zero-order valence-corrected chi connectivity index (χ0v) is 18.5. The normalized spacial score (nSPS) is 17.8. The molecule has 1 aliphatic heterocycles. The average Bonchev–Trinajstić information content (AvgIpc) is 2.67. The van der Waals surface area contributed by atoms with Crippen LogP contribution in [0.2, 0.25) is 5.02 Å². The summed E-state index contributed by atoms with van der Waals surface area (Å²) in [5, 5.41) is 9.07. The summed E-state index contributed by atoms with van der Waals surface area (Å²) in [6, 6.07) is 2.70. The van der Waals surface area contributed by atoms with Gasteiger partial charge in [0.05, 0.1) is 5.57 Å². The predicted octanol–water partition coefficient (Wildman–Crippen LogP) is 4.55. The van der Waals surface area contributed by atoms with Crippen molar-refractivity contribution in [3.8, 4) is 5.75 Å². The molecular weight excluding hydrogens is 479 g/mol. The summed E-state index contributed by atoms with van der Waals surface area (Å²) >= 11 is 6.26. The van der Waals surface area contributed by atoms with Gasteiger partial charge >= 0.3 is 18.3 Å². The molecule has 1 heterocycles. The van der Waals surface area contributed by atoms with Gasteiger partial charge in [-0.2, -0.15) is 18.0 Å². The fourth-order valence-corrected chi connectivity index (χ4v) is 3.21. The van der Waals surface area contributed by atoms with Gasteiger partial charge < -0.3 is 14.3 Å². The highest BCUT2D eigenvalue weighted by Crippen LogP contribution is 2.47. The van der Waals surface area contributed by atoms with Gasteiger partial charge in [0.2, 0.25) is 5.60 Å². The molecule has 33 heavy (non-hydrogen) atoms. The average molecular weight is 498 g/mol. The number of hydrogen-bond acceptors (Lipinski definition) is 9. The molecule has 0 radical (unpaired) electrons. The Morgan fingerprint density at radius 1 is 1.18 bits per heavy atom. The maximum Gasteiger partial charge on any atom is 0.549 e. The number of carbonyl (C=O) groups is 2. The third-order valence-electron chi connectivity index (χ3n) is 4.48. The molecule has 0 bridgehead atoms. The van der Waals surface area contributed by atoms with Crippen molar-refractivity contribution in [2.45, 2.75) is 44.9 Å². The number of benzene rings is 1. The van der Waals surface area contributed by atoms with Gasteiger partial charge in [0.25, 0.3) is 5.09 Å². The molecule has 1 aliphatic rings. The summed E-state index contributed by atoms with van der Waals surface area (Å²) in [7, 11) is 0. The lowest BCUT2D eigenvalue weighted by atomic mass is 9.84. The van der Waals surface area contributed by atoms with Crippen molar-refractivity contribution in [1.82, 2.24) is 0 Å². The lowest BCUT2D eigenvalue weighted by molar-refractivity contribution is -0.757. The Morgan fingerprint density at radius 2 is 1.82 bits per heavy atom. The van der Waals surface area contributed by atoms with Crippen LogP contribution in [0.5, 0.6) is 5.75 Å². The van der Waals surface area contributed by atoms with Crippen molar-refractivity contribution >= 4 is 29.8 Å². The van der Waals surface area contributed by atoms with Gasteiger partial charge in [-0.3, -0.25) is 0 Å². The van der Waals surface area contributed by atoms with Crippen LogP contribution in [0.15, 0.2) is 17.7 Å². The number of alkyl halides is 3. The lowest BCUT2D eigenvalue weighted by Gasteiger charge is -2.37. The van der Waals surface area contributed by atoms with E-state index in [1.54, 1.807) is 0 Å². The molecule has 0 aliphatic carbocycles. The van der Waals surface area contributed by atoms with E-state index in [0.717, 1.165) is 6.08 Å². The van der Waals surface area contributed by atoms with E-state index in [9.17, 15) is 32.9 Å². The Kier molecular flexibility index (Phi) is 7.36. The standard InChI is InChI=1S/C19H19ClF3NO9/c1-17(2,3)11-9-14-10(8-13(11)20)7-12(18(4,31-14)19(21,22)23)15(25)32-33-16(26)29-5-6-30-24(27)28/h7-9H,5-6H2,1-4H3. The second-order valence-corrected chi connectivity index (χ2v) is 8.33. The highest BCUT2D eigenvalue weighted by atomic mass is 35.5. The SMILES string of the molecule is CC(C)(C)c1cc2c(cc1Cl)C=C(C(=O)OOC(=O)OCCO[N+](=O)[O-])C(C)(C(F)(F)F)O2. The van der Waals surface area contributed by atoms with Gasteiger partial charge in [-0.05, 0) is 36.1 Å². The van der Waals surface area contributed by atoms with Crippen LogP contribution in [-0.4, -0.2) is 42.2 Å². The first-order chi connectivity index (χ1) is 15.1. The fourth-order valence-electron chi connectivity index (χ4n) is 2.75. The van der Waals surface area contributed by atoms with Gasteiger partial charge in [0.15, 0.2) is 0 Å². The largest absolute Gasteiger partial charge is 0.549 e. The first-order valence-corrected chi connectivity index (χ1v) is 9.59. The number of carbonyl (C=O) groups excluding carboxylic acids is 2. The smallest absolute Gasteiger partial charge is 0.472 e. The Morgan fingerprint density at radius 3 is 2.36 bits per heavy atom. The molecule has 1 aromatic rings. The molecule has 10 nitrogen and oxygen atoms in total. The molecule has 14 heteroatoms. The summed E-state index contributed by atoms with van der Waals surface area (Å²) in [6.45, 7) is 4.75. The van der Waals surface area contributed by atoms with Crippen LogP contribution in [0.25, 0.3) is 6.08 Å². The molecule has 0 fully saturated rings. The van der Waals surface area contributed by atoms with Crippen LogP contribution in [0.3, 0.4) is 0 Å². The van der Waals surface area contributed by atoms with Crippen LogP contribution in [-0.2, 0) is 29.6 Å². The van der Waals surface area contributed by atoms with E-state index in [2.05, 4.69) is 19.3 Å². The number of halogens is 4. The fraction of sp³-hybridized carbons (Fsp3) is 0.474. The third-order valence-corrected chi connectivity index (χ3v) is 4.79. The van der Waals surface area contributed by atoms with E-state index in [1.165, 1.54) is 12.1 Å². The molecule has 0 spiro atoms. The molecule has 182 valence electrons. The van der Waals surface area contributed by atoms with E-state index in [1.807, 2.05) is 20.8 Å². The molecule has 0 aromatic heterocycles. The minimum Gasteiger partial charge on any atom is -0.472 e. The first kappa shape index (κ1) is 26.0. The monoisotopic (exact) mass is 497 g/mol. The Hall–Kier alpha value is -3.22. The van der Waals surface area contributed by atoms with Gasteiger partial charge in [-0.15, -0.1) is 10.1 Å². The van der Waals surface area contributed by atoms with E-state index < -0.39 is 53.2 Å². The molecule has 1 unspecified atom stereocenters. The van der Waals surface area contributed by atoms with Crippen LogP contribution >= 0.6 is 11.6 Å². The maximum atomic E-state index is 13.9. The summed E-state index contributed by atoms with van der Waals surface area (Å²) in [6.07, 6.45) is -5.84. The van der Waals surface area contributed by atoms with E-state index in [0.29, 0.717) is 12.5 Å². The molecule has 0 saturated carbocycles. The van der Waals surface area contributed by atoms with Gasteiger partial charge in [0, 0.05) is 10.6 Å². The zero-order chi connectivity index (χ0) is 25.2. The molecule has 0 amide bonds. The second-order valence-electron chi connectivity index (χ2n) is 7.92.